The maximum Gasteiger partial charge on any atom is 0.0715 e. The second kappa shape index (κ2) is 9.91. The molecule has 0 spiro atoms. The Labute approximate surface area is 241 Å². The van der Waals surface area contributed by atoms with E-state index < -0.39 is 0 Å². The van der Waals surface area contributed by atoms with Gasteiger partial charge in [0, 0.05) is 27.6 Å². The van der Waals surface area contributed by atoms with E-state index in [2.05, 4.69) is 141 Å². The molecule has 0 atom stereocenters. The number of benzene rings is 5. The number of nitrogens with zero attached hydrogens (tertiary/aromatic N) is 2. The van der Waals surface area contributed by atoms with Crippen molar-refractivity contribution in [1.82, 2.24) is 9.55 Å². The van der Waals surface area contributed by atoms with Gasteiger partial charge < -0.3 is 4.57 Å². The van der Waals surface area contributed by atoms with Crippen molar-refractivity contribution in [3.05, 3.63) is 144 Å². The lowest BCUT2D eigenvalue weighted by Gasteiger charge is -2.13. The molecule has 0 aliphatic heterocycles. The highest BCUT2D eigenvalue weighted by Gasteiger charge is 2.15. The Kier molecular flexibility index (Phi) is 6.05. The number of hydrogen-bond acceptors (Lipinski definition) is 1. The van der Waals surface area contributed by atoms with E-state index in [1.807, 2.05) is 12.1 Å². The van der Waals surface area contributed by atoms with Crippen molar-refractivity contribution in [2.45, 2.75) is 27.7 Å². The molecule has 7 rings (SSSR count). The zero-order chi connectivity index (χ0) is 28.1. The molecule has 2 aromatic heterocycles. The van der Waals surface area contributed by atoms with Crippen LogP contribution in [-0.2, 0) is 0 Å². The normalized spacial score (nSPS) is 11.4. The molecule has 0 amide bonds. The Morgan fingerprint density at radius 2 is 0.854 bits per heavy atom. The van der Waals surface area contributed by atoms with Gasteiger partial charge in [0.1, 0.15) is 0 Å². The zero-order valence-electron chi connectivity index (χ0n) is 23.9. The summed E-state index contributed by atoms with van der Waals surface area (Å²) in [6.07, 6.45) is 0. The van der Waals surface area contributed by atoms with E-state index >= 15 is 0 Å². The molecule has 198 valence electrons. The van der Waals surface area contributed by atoms with Crippen molar-refractivity contribution < 1.29 is 0 Å². The Morgan fingerprint density at radius 3 is 1.32 bits per heavy atom. The average molecular weight is 529 g/mol. The van der Waals surface area contributed by atoms with Gasteiger partial charge in [0.05, 0.1) is 22.4 Å². The van der Waals surface area contributed by atoms with Gasteiger partial charge in [-0.1, -0.05) is 72.8 Å². The molecule has 0 aliphatic rings. The Hall–Kier alpha value is -4.95. The Morgan fingerprint density at radius 1 is 0.415 bits per heavy atom. The molecule has 0 bridgehead atoms. The van der Waals surface area contributed by atoms with Crippen molar-refractivity contribution in [1.29, 1.82) is 0 Å². The van der Waals surface area contributed by atoms with Gasteiger partial charge in [0.2, 0.25) is 0 Å². The highest BCUT2D eigenvalue weighted by molar-refractivity contribution is 6.10. The van der Waals surface area contributed by atoms with Crippen molar-refractivity contribution in [2.75, 3.05) is 0 Å². The lowest BCUT2D eigenvalue weighted by Crippen LogP contribution is -1.96. The van der Waals surface area contributed by atoms with Gasteiger partial charge in [-0.3, -0.25) is 0 Å². The van der Waals surface area contributed by atoms with Gasteiger partial charge in [-0.2, -0.15) is 0 Å². The Bertz CT molecular complexity index is 1930. The molecule has 41 heavy (non-hydrogen) atoms. The van der Waals surface area contributed by atoms with Gasteiger partial charge in [-0.15, -0.1) is 0 Å². The van der Waals surface area contributed by atoms with Crippen molar-refractivity contribution in [3.8, 4) is 39.3 Å². The summed E-state index contributed by atoms with van der Waals surface area (Å²) in [5.74, 6) is 0. The maximum absolute atomic E-state index is 5.05. The molecule has 2 heteroatoms. The van der Waals surface area contributed by atoms with E-state index in [1.54, 1.807) is 0 Å². The summed E-state index contributed by atoms with van der Waals surface area (Å²) < 4.78 is 2.42. The molecule has 2 nitrogen and oxygen atoms in total. The SMILES string of the molecule is Cc1cc2c3cc(C)c(C)cc3n(-c3ccc(-c4cc(-c5ccccc5)nc(-c5ccccc5)c4)cc3)c2cc1C. The molecule has 7 aromatic rings. The first-order valence-corrected chi connectivity index (χ1v) is 14.2. The van der Waals surface area contributed by atoms with Gasteiger partial charge in [-0.25, -0.2) is 4.98 Å². The first kappa shape index (κ1) is 25.0. The summed E-state index contributed by atoms with van der Waals surface area (Å²) >= 11 is 0. The minimum absolute atomic E-state index is 0.977. The van der Waals surface area contributed by atoms with Crippen LogP contribution in [0.1, 0.15) is 22.3 Å². The lowest BCUT2D eigenvalue weighted by atomic mass is 10.00. The number of rotatable bonds is 4. The fourth-order valence-corrected chi connectivity index (χ4v) is 5.83. The van der Waals surface area contributed by atoms with Crippen LogP contribution >= 0.6 is 0 Å². The maximum atomic E-state index is 5.05. The second-order valence-electron chi connectivity index (χ2n) is 11.1. The molecule has 0 aliphatic carbocycles. The van der Waals surface area contributed by atoms with Gasteiger partial charge in [0.15, 0.2) is 0 Å². The van der Waals surface area contributed by atoms with Crippen LogP contribution in [0.15, 0.2) is 121 Å². The molecule has 0 saturated carbocycles. The van der Waals surface area contributed by atoms with Crippen LogP contribution in [0.2, 0.25) is 0 Å². The molecule has 5 aromatic carbocycles. The fourth-order valence-electron chi connectivity index (χ4n) is 5.83. The summed E-state index contributed by atoms with van der Waals surface area (Å²) in [5.41, 5.74) is 15.5. The molecule has 2 heterocycles. The predicted octanol–water partition coefficient (Wildman–Crippen LogP) is 10.4. The van der Waals surface area contributed by atoms with E-state index in [0.29, 0.717) is 0 Å². The Balaban J connectivity index is 1.39. The summed E-state index contributed by atoms with van der Waals surface area (Å²) in [6.45, 7) is 8.81. The number of aryl methyl sites for hydroxylation is 4. The van der Waals surface area contributed by atoms with E-state index in [0.717, 1.165) is 28.1 Å². The molecule has 0 saturated heterocycles. The van der Waals surface area contributed by atoms with E-state index in [1.165, 1.54) is 55.3 Å². The van der Waals surface area contributed by atoms with Crippen LogP contribution in [0.3, 0.4) is 0 Å². The van der Waals surface area contributed by atoms with E-state index in [-0.39, 0.29) is 0 Å². The summed E-state index contributed by atoms with van der Waals surface area (Å²) in [4.78, 5) is 5.05. The fraction of sp³-hybridized carbons (Fsp3) is 0.103. The molecular formula is C39H32N2. The number of pyridine rings is 1. The zero-order valence-corrected chi connectivity index (χ0v) is 23.9. The van der Waals surface area contributed by atoms with Crippen molar-refractivity contribution in [3.63, 3.8) is 0 Å². The summed E-state index contributed by atoms with van der Waals surface area (Å²) in [7, 11) is 0. The summed E-state index contributed by atoms with van der Waals surface area (Å²) in [6, 6.07) is 43.6. The lowest BCUT2D eigenvalue weighted by molar-refractivity contribution is 1.17. The summed E-state index contributed by atoms with van der Waals surface area (Å²) in [5, 5.41) is 2.62. The average Bonchev–Trinajstić information content (AvgIpc) is 3.29. The molecular weight excluding hydrogens is 496 g/mol. The molecule has 0 radical (unpaired) electrons. The van der Waals surface area contributed by atoms with Gasteiger partial charge in [-0.05, 0) is 110 Å². The minimum Gasteiger partial charge on any atom is -0.309 e. The van der Waals surface area contributed by atoms with Gasteiger partial charge in [0.25, 0.3) is 0 Å². The first-order valence-electron chi connectivity index (χ1n) is 14.2. The predicted molar refractivity (Wildman–Crippen MR) is 174 cm³/mol. The largest absolute Gasteiger partial charge is 0.309 e. The molecule has 0 unspecified atom stereocenters. The smallest absolute Gasteiger partial charge is 0.0715 e. The van der Waals surface area contributed by atoms with Gasteiger partial charge >= 0.3 is 0 Å². The van der Waals surface area contributed by atoms with E-state index in [9.17, 15) is 0 Å². The van der Waals surface area contributed by atoms with Crippen LogP contribution in [0, 0.1) is 27.7 Å². The minimum atomic E-state index is 0.977. The van der Waals surface area contributed by atoms with Crippen LogP contribution in [0.25, 0.3) is 61.1 Å². The third kappa shape index (κ3) is 4.42. The van der Waals surface area contributed by atoms with Crippen LogP contribution < -0.4 is 0 Å². The van der Waals surface area contributed by atoms with Crippen LogP contribution in [0.5, 0.6) is 0 Å². The highest BCUT2D eigenvalue weighted by atomic mass is 15.0. The third-order valence-electron chi connectivity index (χ3n) is 8.42. The van der Waals surface area contributed by atoms with E-state index in [4.69, 9.17) is 4.98 Å². The van der Waals surface area contributed by atoms with Crippen LogP contribution in [-0.4, -0.2) is 9.55 Å². The number of fused-ring (bicyclic) bond motifs is 3. The second-order valence-corrected chi connectivity index (χ2v) is 11.1. The highest BCUT2D eigenvalue weighted by Crippen LogP contribution is 2.36. The molecule has 0 N–H and O–H groups in total. The topological polar surface area (TPSA) is 17.8 Å². The van der Waals surface area contributed by atoms with Crippen LogP contribution in [0.4, 0.5) is 0 Å². The quantitative estimate of drug-likeness (QED) is 0.222. The monoisotopic (exact) mass is 528 g/mol. The molecule has 0 fully saturated rings. The van der Waals surface area contributed by atoms with Crippen molar-refractivity contribution >= 4 is 21.8 Å². The third-order valence-corrected chi connectivity index (χ3v) is 8.42. The number of hydrogen-bond donors (Lipinski definition) is 0. The first-order chi connectivity index (χ1) is 20.0. The standard InChI is InChI=1S/C39H32N2/c1-25-19-34-35-20-26(2)28(4)22-39(35)41(38(34)21-27(25)3)33-17-15-29(16-18-33)32-23-36(30-11-7-5-8-12-30)40-37(24-32)31-13-9-6-10-14-31/h5-24H,1-4H3. The van der Waals surface area contributed by atoms with Crippen molar-refractivity contribution in [2.24, 2.45) is 0 Å². The number of aromatic nitrogens is 2.